The summed E-state index contributed by atoms with van der Waals surface area (Å²) in [5.74, 6) is 0. The Labute approximate surface area is 334 Å². The molecule has 8 heteroatoms. The summed E-state index contributed by atoms with van der Waals surface area (Å²) in [5, 5.41) is 0. The molecule has 2 aliphatic heterocycles. The van der Waals surface area contributed by atoms with Crippen LogP contribution in [-0.4, -0.2) is 19.9 Å². The molecule has 0 radical (unpaired) electrons. The van der Waals surface area contributed by atoms with Crippen molar-refractivity contribution >= 4 is 104 Å². The summed E-state index contributed by atoms with van der Waals surface area (Å²) in [6.07, 6.45) is 0. The van der Waals surface area contributed by atoms with E-state index in [1.807, 2.05) is 24.3 Å². The van der Waals surface area contributed by atoms with Gasteiger partial charge in [0.05, 0.1) is 40.7 Å². The van der Waals surface area contributed by atoms with Crippen molar-refractivity contribution in [2.24, 2.45) is 0 Å². The van der Waals surface area contributed by atoms with Crippen LogP contribution in [0.3, 0.4) is 0 Å². The number of rotatable bonds is 4. The molecule has 0 saturated heterocycles. The normalized spacial score (nSPS) is 12.8. The molecule has 2 aliphatic rings. The van der Waals surface area contributed by atoms with Gasteiger partial charge < -0.3 is 9.97 Å². The monoisotopic (exact) mass is 926 g/mol. The van der Waals surface area contributed by atoms with Crippen LogP contribution in [-0.2, 0) is 0 Å². The summed E-state index contributed by atoms with van der Waals surface area (Å²) in [6.45, 7) is 0. The van der Waals surface area contributed by atoms with Gasteiger partial charge in [0, 0.05) is 44.3 Å². The third-order valence-electron chi connectivity index (χ3n) is 9.31. The van der Waals surface area contributed by atoms with Gasteiger partial charge in [-0.3, -0.25) is 0 Å². The molecule has 4 nitrogen and oxygen atoms in total. The Kier molecular flexibility index (Phi) is 8.79. The van der Waals surface area contributed by atoms with E-state index in [1.54, 1.807) is 0 Å². The largest absolute Gasteiger partial charge is 0.354 e. The molecule has 4 aromatic carbocycles. The van der Waals surface area contributed by atoms with Crippen LogP contribution in [0.15, 0.2) is 146 Å². The Bertz CT molecular complexity index is 2380. The van der Waals surface area contributed by atoms with E-state index >= 15 is 0 Å². The van der Waals surface area contributed by atoms with Crippen molar-refractivity contribution in [1.82, 2.24) is 19.9 Å². The van der Waals surface area contributed by atoms with E-state index in [2.05, 4.69) is 195 Å². The van der Waals surface area contributed by atoms with Crippen LogP contribution in [0.25, 0.3) is 84.5 Å². The van der Waals surface area contributed by atoms with E-state index in [1.165, 1.54) is 0 Å². The first kappa shape index (κ1) is 33.3. The number of aromatic nitrogens is 4. The number of fused-ring (bicyclic) bond motifs is 8. The maximum absolute atomic E-state index is 5.47. The number of hydrogen-bond donors (Lipinski definition) is 2. The van der Waals surface area contributed by atoms with Gasteiger partial charge in [-0.15, -0.1) is 0 Å². The molecule has 0 saturated carbocycles. The second kappa shape index (κ2) is 13.7. The molecule has 52 heavy (non-hydrogen) atoms. The Morgan fingerprint density at radius 3 is 0.712 bits per heavy atom. The van der Waals surface area contributed by atoms with Gasteiger partial charge >= 0.3 is 0 Å². The minimum Gasteiger partial charge on any atom is -0.354 e. The highest BCUT2D eigenvalue weighted by atomic mass is 79.9. The average Bonchev–Trinajstić information content (AvgIpc) is 3.98. The summed E-state index contributed by atoms with van der Waals surface area (Å²) in [5.41, 5.74) is 15.1. The number of benzene rings is 4. The fraction of sp³-hybridized carbons (Fsp3) is 0. The second-order valence-electron chi connectivity index (χ2n) is 12.4. The molecule has 0 atom stereocenters. The van der Waals surface area contributed by atoms with Gasteiger partial charge in [-0.05, 0) is 110 Å². The average molecular weight is 930 g/mol. The first-order chi connectivity index (χ1) is 25.5. The summed E-state index contributed by atoms with van der Waals surface area (Å²) in [7, 11) is 0. The molecule has 0 amide bonds. The highest BCUT2D eigenvalue weighted by Gasteiger charge is 2.27. The van der Waals surface area contributed by atoms with Gasteiger partial charge in [0.25, 0.3) is 0 Å². The van der Waals surface area contributed by atoms with Crippen LogP contribution in [0.4, 0.5) is 0 Å². The molecule has 0 unspecified atom stereocenters. The molecule has 0 aliphatic carbocycles. The molecule has 9 rings (SSSR count). The topological polar surface area (TPSA) is 57.4 Å². The minimum absolute atomic E-state index is 0.823. The van der Waals surface area contributed by atoms with Gasteiger partial charge in [-0.2, -0.15) is 0 Å². The lowest BCUT2D eigenvalue weighted by atomic mass is 10.0. The van der Waals surface area contributed by atoms with Gasteiger partial charge in [0.2, 0.25) is 0 Å². The van der Waals surface area contributed by atoms with Crippen molar-refractivity contribution in [1.29, 1.82) is 0 Å². The van der Waals surface area contributed by atoms with Gasteiger partial charge in [0.15, 0.2) is 0 Å². The number of H-pyrrole nitrogens is 2. The van der Waals surface area contributed by atoms with Crippen molar-refractivity contribution in [3.8, 4) is 44.5 Å². The molecule has 0 fully saturated rings. The number of nitrogens with one attached hydrogen (secondary N) is 2. The smallest absolute Gasteiger partial charge is 0.0891 e. The highest BCUT2D eigenvalue weighted by molar-refractivity contribution is 9.18. The lowest BCUT2D eigenvalue weighted by molar-refractivity contribution is 1.31. The zero-order valence-electron chi connectivity index (χ0n) is 27.3. The van der Waals surface area contributed by atoms with E-state index in [-0.39, 0.29) is 0 Å². The molecule has 8 bridgehead atoms. The van der Waals surface area contributed by atoms with Gasteiger partial charge in [-0.25, -0.2) is 9.97 Å². The number of hydrogen-bond acceptors (Lipinski definition) is 2. The maximum atomic E-state index is 5.47. The van der Waals surface area contributed by atoms with Crippen molar-refractivity contribution in [3.63, 3.8) is 0 Å². The van der Waals surface area contributed by atoms with Crippen LogP contribution in [0, 0.1) is 0 Å². The third-order valence-corrected chi connectivity index (χ3v) is 13.5. The molecule has 5 heterocycles. The number of nitrogens with zero attached hydrogens (tertiary/aromatic N) is 2. The quantitative estimate of drug-likeness (QED) is 0.185. The first-order valence-electron chi connectivity index (χ1n) is 16.6. The SMILES string of the molecule is BrC1=C(Br)c2nc1c(-c1ccccc1)c1ccc([nH]1)c(-c1ccccc1)c1nc(c(-c3ccccc3)c3ccc([nH]3)c2-c2ccccc2)C(Br)=C1Br. The fourth-order valence-corrected chi connectivity index (χ4v) is 8.87. The zero-order chi connectivity index (χ0) is 35.3. The molecular formula is C44H26Br4N4. The lowest BCUT2D eigenvalue weighted by Crippen LogP contribution is -1.90. The molecule has 0 spiro atoms. The second-order valence-corrected chi connectivity index (χ2v) is 15.6. The van der Waals surface area contributed by atoms with Crippen molar-refractivity contribution in [3.05, 3.63) is 168 Å². The molecule has 7 aromatic rings. The summed E-state index contributed by atoms with van der Waals surface area (Å²) in [6, 6.07) is 50.2. The Morgan fingerprint density at radius 2 is 0.500 bits per heavy atom. The van der Waals surface area contributed by atoms with Crippen LogP contribution in [0.5, 0.6) is 0 Å². The number of aromatic amines is 2. The summed E-state index contributed by atoms with van der Waals surface area (Å²) in [4.78, 5) is 18.6. The van der Waals surface area contributed by atoms with Gasteiger partial charge in [0.1, 0.15) is 0 Å². The van der Waals surface area contributed by atoms with E-state index in [4.69, 9.17) is 9.97 Å². The lowest BCUT2D eigenvalue weighted by Gasteiger charge is -2.07. The predicted octanol–water partition coefficient (Wildman–Crippen LogP) is 14.2. The molecule has 250 valence electrons. The standard InChI is InChI=1S/C44H26Br4N4/c45-37-38(46)42-35(27-17-9-3-10-18-27)31-23-24-32(50-31)36(28-19-11-4-12-20-28)44-40(48)39(47)43(52-44)34(26-15-7-2-8-16-26)30-22-21-29(49-30)33(41(37)51-42)25-13-5-1-6-14-25/h1-24,49-50H. The molecule has 2 N–H and O–H groups in total. The van der Waals surface area contributed by atoms with Crippen molar-refractivity contribution in [2.75, 3.05) is 0 Å². The Morgan fingerprint density at radius 1 is 0.288 bits per heavy atom. The predicted molar refractivity (Wildman–Crippen MR) is 232 cm³/mol. The highest BCUT2D eigenvalue weighted by Crippen LogP contribution is 2.49. The van der Waals surface area contributed by atoms with Crippen LogP contribution < -0.4 is 0 Å². The van der Waals surface area contributed by atoms with E-state index in [9.17, 15) is 0 Å². The van der Waals surface area contributed by atoms with Crippen LogP contribution >= 0.6 is 63.7 Å². The molecular weight excluding hydrogens is 904 g/mol. The minimum atomic E-state index is 0.823. The first-order valence-corrected chi connectivity index (χ1v) is 19.8. The van der Waals surface area contributed by atoms with E-state index in [0.717, 1.165) is 107 Å². The third kappa shape index (κ3) is 5.69. The number of halogens is 4. The summed E-state index contributed by atoms with van der Waals surface area (Å²) < 4.78 is 3.50. The Hall–Kier alpha value is -4.60. The maximum Gasteiger partial charge on any atom is 0.0891 e. The van der Waals surface area contributed by atoms with Crippen molar-refractivity contribution < 1.29 is 0 Å². The summed E-state index contributed by atoms with van der Waals surface area (Å²) >= 11 is 16.0. The van der Waals surface area contributed by atoms with E-state index < -0.39 is 0 Å². The van der Waals surface area contributed by atoms with Crippen LogP contribution in [0.2, 0.25) is 0 Å². The van der Waals surface area contributed by atoms with Crippen molar-refractivity contribution in [2.45, 2.75) is 0 Å². The van der Waals surface area contributed by atoms with Crippen LogP contribution in [0.1, 0.15) is 22.8 Å². The van der Waals surface area contributed by atoms with Gasteiger partial charge in [-0.1, -0.05) is 121 Å². The molecule has 3 aromatic heterocycles. The van der Waals surface area contributed by atoms with E-state index in [0.29, 0.717) is 0 Å². The Balaban J connectivity index is 1.55. The fourth-order valence-electron chi connectivity index (χ4n) is 6.97. The zero-order valence-corrected chi connectivity index (χ0v) is 33.6.